The third kappa shape index (κ3) is 2.48. The molecular formula is C17H16O4. The number of ether oxygens (including phenoxy) is 2. The summed E-state index contributed by atoms with van der Waals surface area (Å²) >= 11 is 0. The molecule has 0 amide bonds. The first-order valence-electron chi connectivity index (χ1n) is 6.10. The van der Waals surface area contributed by atoms with Gasteiger partial charge in [-0.2, -0.15) is 0 Å². The molecule has 4 nitrogen and oxygen atoms in total. The summed E-state index contributed by atoms with van der Waals surface area (Å²) in [5, 5.41) is 10.0. The zero-order chi connectivity index (χ0) is 14.1. The molecule has 0 spiro atoms. The number of para-hydroxylation sites is 2. The number of phenolic OH excluding ortho intramolecular Hbond substituents is 1. The monoisotopic (exact) mass is 284 g/mol. The van der Waals surface area contributed by atoms with Crippen LogP contribution in [0.4, 0.5) is 0 Å². The Labute approximate surface area is 123 Å². The van der Waals surface area contributed by atoms with Gasteiger partial charge in [-0.25, -0.2) is 0 Å². The molecule has 0 radical (unpaired) electrons. The van der Waals surface area contributed by atoms with E-state index < -0.39 is 0 Å². The fourth-order valence-corrected chi connectivity index (χ4v) is 2.10. The van der Waals surface area contributed by atoms with Crippen molar-refractivity contribution in [2.75, 3.05) is 7.11 Å². The molecule has 4 heteroatoms. The minimum absolute atomic E-state index is 0. The highest BCUT2D eigenvalue weighted by molar-refractivity contribution is 6.14. The molecule has 0 bridgehead atoms. The maximum Gasteiger partial charge on any atom is 0.231 e. The molecule has 3 rings (SSSR count). The van der Waals surface area contributed by atoms with Crippen LogP contribution in [0.3, 0.4) is 0 Å². The number of fused-ring (bicyclic) bond motifs is 1. The number of Topliss-reactive ketones (excluding diaryl/α,β-unsaturated/α-hetero) is 1. The molecule has 0 unspecified atom stereocenters. The van der Waals surface area contributed by atoms with E-state index >= 15 is 0 Å². The fourth-order valence-electron chi connectivity index (χ4n) is 2.10. The van der Waals surface area contributed by atoms with Gasteiger partial charge in [-0.1, -0.05) is 31.7 Å². The molecule has 108 valence electrons. The van der Waals surface area contributed by atoms with E-state index in [9.17, 15) is 9.90 Å². The molecule has 1 aliphatic heterocycles. The van der Waals surface area contributed by atoms with Crippen molar-refractivity contribution in [3.8, 4) is 17.2 Å². The first-order valence-corrected chi connectivity index (χ1v) is 6.10. The summed E-state index contributed by atoms with van der Waals surface area (Å²) in [6.45, 7) is 0. The topological polar surface area (TPSA) is 55.8 Å². The summed E-state index contributed by atoms with van der Waals surface area (Å²) < 4.78 is 10.5. The van der Waals surface area contributed by atoms with Gasteiger partial charge in [0.1, 0.15) is 5.75 Å². The van der Waals surface area contributed by atoms with Gasteiger partial charge in [0, 0.05) is 5.56 Å². The van der Waals surface area contributed by atoms with Crippen LogP contribution in [-0.2, 0) is 0 Å². The molecule has 0 saturated heterocycles. The molecule has 1 heterocycles. The lowest BCUT2D eigenvalue weighted by Gasteiger charge is -2.06. The Balaban J connectivity index is 0.00000161. The van der Waals surface area contributed by atoms with Crippen LogP contribution in [0.2, 0.25) is 0 Å². The Kier molecular flexibility index (Phi) is 3.98. The molecule has 1 aliphatic rings. The number of carbonyl (C=O) groups excluding carboxylic acids is 1. The summed E-state index contributed by atoms with van der Waals surface area (Å²) in [7, 11) is 1.47. The van der Waals surface area contributed by atoms with Crippen molar-refractivity contribution in [2.45, 2.75) is 7.43 Å². The lowest BCUT2D eigenvalue weighted by atomic mass is 10.1. The highest BCUT2D eigenvalue weighted by atomic mass is 16.5. The van der Waals surface area contributed by atoms with E-state index in [1.165, 1.54) is 13.2 Å². The maximum atomic E-state index is 12.2. The van der Waals surface area contributed by atoms with Crippen LogP contribution in [-0.4, -0.2) is 18.0 Å². The van der Waals surface area contributed by atoms with E-state index in [1.54, 1.807) is 42.5 Å². The molecule has 2 aromatic rings. The molecule has 2 aromatic carbocycles. The standard InChI is InChI=1S/C16H12O4.CH4/c1-19-13-8-4-5-10(15(13)17)9-14-16(18)11-6-2-3-7-12(11)20-14;/h2-9,17H,1H3;1H4/b14-9-;. The first kappa shape index (κ1) is 14.7. The van der Waals surface area contributed by atoms with Crippen molar-refractivity contribution < 1.29 is 19.4 Å². The minimum atomic E-state index is -0.192. The number of methoxy groups -OCH3 is 1. The number of benzene rings is 2. The van der Waals surface area contributed by atoms with Gasteiger partial charge in [-0.3, -0.25) is 4.79 Å². The highest BCUT2D eigenvalue weighted by Crippen LogP contribution is 2.35. The van der Waals surface area contributed by atoms with Gasteiger partial charge in [0.05, 0.1) is 12.7 Å². The second-order valence-corrected chi connectivity index (χ2v) is 4.33. The van der Waals surface area contributed by atoms with E-state index in [2.05, 4.69) is 0 Å². The normalized spacial score (nSPS) is 14.3. The number of aromatic hydroxyl groups is 1. The van der Waals surface area contributed by atoms with Gasteiger partial charge in [0.2, 0.25) is 5.78 Å². The van der Waals surface area contributed by atoms with Gasteiger partial charge in [-0.15, -0.1) is 0 Å². The van der Waals surface area contributed by atoms with E-state index in [-0.39, 0.29) is 24.7 Å². The predicted octanol–water partition coefficient (Wildman–Crippen LogP) is 3.65. The minimum Gasteiger partial charge on any atom is -0.504 e. The Morgan fingerprint density at radius 2 is 1.90 bits per heavy atom. The molecule has 0 atom stereocenters. The fraction of sp³-hybridized carbons (Fsp3) is 0.118. The van der Waals surface area contributed by atoms with Crippen molar-refractivity contribution in [1.82, 2.24) is 0 Å². The highest BCUT2D eigenvalue weighted by Gasteiger charge is 2.26. The Hall–Kier alpha value is -2.75. The van der Waals surface area contributed by atoms with Gasteiger partial charge < -0.3 is 14.6 Å². The third-order valence-corrected chi connectivity index (χ3v) is 3.11. The van der Waals surface area contributed by atoms with Crippen LogP contribution in [0.25, 0.3) is 6.08 Å². The number of allylic oxidation sites excluding steroid dienone is 1. The summed E-state index contributed by atoms with van der Waals surface area (Å²) in [5.41, 5.74) is 1.00. The smallest absolute Gasteiger partial charge is 0.231 e. The summed E-state index contributed by atoms with van der Waals surface area (Å²) in [5.74, 6) is 0.862. The lowest BCUT2D eigenvalue weighted by Crippen LogP contribution is -1.98. The van der Waals surface area contributed by atoms with Gasteiger partial charge in [-0.05, 0) is 24.3 Å². The third-order valence-electron chi connectivity index (χ3n) is 3.11. The zero-order valence-corrected chi connectivity index (χ0v) is 10.8. The molecule has 0 fully saturated rings. The summed E-state index contributed by atoms with van der Waals surface area (Å²) in [6, 6.07) is 12.1. The number of hydrogen-bond donors (Lipinski definition) is 1. The van der Waals surface area contributed by atoms with Crippen LogP contribution in [0, 0.1) is 0 Å². The van der Waals surface area contributed by atoms with E-state index in [1.807, 2.05) is 0 Å². The average molecular weight is 284 g/mol. The SMILES string of the molecule is C.COc1cccc(/C=C2\Oc3ccccc3C2=O)c1O. The van der Waals surface area contributed by atoms with Gasteiger partial charge in [0.15, 0.2) is 17.3 Å². The van der Waals surface area contributed by atoms with Crippen LogP contribution in [0.5, 0.6) is 17.2 Å². The molecule has 0 aliphatic carbocycles. The van der Waals surface area contributed by atoms with Gasteiger partial charge >= 0.3 is 0 Å². The molecule has 0 saturated carbocycles. The van der Waals surface area contributed by atoms with Crippen molar-refractivity contribution in [2.24, 2.45) is 0 Å². The second kappa shape index (κ2) is 5.71. The molecule has 1 N–H and O–H groups in total. The van der Waals surface area contributed by atoms with Gasteiger partial charge in [0.25, 0.3) is 0 Å². The van der Waals surface area contributed by atoms with Crippen molar-refractivity contribution in [3.63, 3.8) is 0 Å². The Bertz CT molecular complexity index is 716. The van der Waals surface area contributed by atoms with Crippen LogP contribution >= 0.6 is 0 Å². The largest absolute Gasteiger partial charge is 0.504 e. The Morgan fingerprint density at radius 1 is 1.14 bits per heavy atom. The average Bonchev–Trinajstić information content (AvgIpc) is 2.78. The molecule has 21 heavy (non-hydrogen) atoms. The summed E-state index contributed by atoms with van der Waals surface area (Å²) in [4.78, 5) is 12.2. The maximum absolute atomic E-state index is 12.2. The zero-order valence-electron chi connectivity index (χ0n) is 10.8. The molecular weight excluding hydrogens is 268 g/mol. The number of ketones is 1. The van der Waals surface area contributed by atoms with E-state index in [4.69, 9.17) is 9.47 Å². The predicted molar refractivity (Wildman–Crippen MR) is 80.8 cm³/mol. The van der Waals surface area contributed by atoms with Crippen LogP contribution in [0.15, 0.2) is 48.2 Å². The number of rotatable bonds is 2. The lowest BCUT2D eigenvalue weighted by molar-refractivity contribution is 0.101. The van der Waals surface area contributed by atoms with Crippen molar-refractivity contribution in [3.05, 3.63) is 59.4 Å². The number of carbonyl (C=O) groups is 1. The van der Waals surface area contributed by atoms with Crippen LogP contribution < -0.4 is 9.47 Å². The molecule has 0 aromatic heterocycles. The van der Waals surface area contributed by atoms with E-state index in [0.29, 0.717) is 22.6 Å². The van der Waals surface area contributed by atoms with Crippen molar-refractivity contribution >= 4 is 11.9 Å². The van der Waals surface area contributed by atoms with Crippen molar-refractivity contribution in [1.29, 1.82) is 0 Å². The van der Waals surface area contributed by atoms with Crippen LogP contribution in [0.1, 0.15) is 23.3 Å². The first-order chi connectivity index (χ1) is 9.70. The Morgan fingerprint density at radius 3 is 2.62 bits per heavy atom. The number of phenols is 1. The second-order valence-electron chi connectivity index (χ2n) is 4.33. The number of hydrogen-bond acceptors (Lipinski definition) is 4. The van der Waals surface area contributed by atoms with E-state index in [0.717, 1.165) is 0 Å². The quantitative estimate of drug-likeness (QED) is 0.855. The summed E-state index contributed by atoms with van der Waals surface area (Å²) in [6.07, 6.45) is 1.51.